The van der Waals surface area contributed by atoms with Crippen LogP contribution in [0.4, 0.5) is 0 Å². The Morgan fingerprint density at radius 3 is 2.50 bits per heavy atom. The minimum Gasteiger partial charge on any atom is -0.339 e. The van der Waals surface area contributed by atoms with Crippen LogP contribution in [0.3, 0.4) is 0 Å². The highest BCUT2D eigenvalue weighted by Crippen LogP contribution is 2.30. The molecule has 2 atom stereocenters. The molecule has 1 aromatic heterocycles. The van der Waals surface area contributed by atoms with E-state index in [-0.39, 0.29) is 5.91 Å². The van der Waals surface area contributed by atoms with Crippen LogP contribution in [0.5, 0.6) is 0 Å². The number of nitrogens with zero attached hydrogens (tertiary/aromatic N) is 2. The van der Waals surface area contributed by atoms with Gasteiger partial charge in [0.15, 0.2) is 0 Å². The molecule has 2 fully saturated rings. The molecule has 4 heteroatoms. The first-order valence-corrected chi connectivity index (χ1v) is 8.74. The molecular weight excluding hydrogens is 298 g/mol. The third kappa shape index (κ3) is 2.94. The maximum Gasteiger partial charge on any atom is 0.255 e. The molecule has 0 radical (unpaired) electrons. The van der Waals surface area contributed by atoms with E-state index in [1.54, 1.807) is 6.20 Å². The minimum absolute atomic E-state index is 0.0755. The van der Waals surface area contributed by atoms with Gasteiger partial charge in [-0.15, -0.1) is 0 Å². The average Bonchev–Trinajstić information content (AvgIpc) is 2.99. The maximum absolute atomic E-state index is 12.9. The topological polar surface area (TPSA) is 45.2 Å². The van der Waals surface area contributed by atoms with Gasteiger partial charge in [-0.2, -0.15) is 0 Å². The van der Waals surface area contributed by atoms with Gasteiger partial charge in [0, 0.05) is 43.1 Å². The summed E-state index contributed by atoms with van der Waals surface area (Å²) in [6, 6.07) is 13.5. The van der Waals surface area contributed by atoms with Gasteiger partial charge in [0.05, 0.1) is 5.56 Å². The second-order valence-corrected chi connectivity index (χ2v) is 7.01. The molecule has 2 aliphatic rings. The summed E-state index contributed by atoms with van der Waals surface area (Å²) in [5.41, 5.74) is 2.74. The first-order valence-electron chi connectivity index (χ1n) is 8.74. The quantitative estimate of drug-likeness (QED) is 0.945. The monoisotopic (exact) mass is 321 g/mol. The van der Waals surface area contributed by atoms with Gasteiger partial charge in [0.1, 0.15) is 0 Å². The summed E-state index contributed by atoms with van der Waals surface area (Å²) in [5.74, 6) is 0.0755. The zero-order valence-corrected chi connectivity index (χ0v) is 14.0. The Morgan fingerprint density at radius 2 is 1.79 bits per heavy atom. The van der Waals surface area contributed by atoms with Crippen molar-refractivity contribution in [2.24, 2.45) is 0 Å². The highest BCUT2D eigenvalue weighted by molar-refractivity contribution is 5.95. The molecule has 0 spiro atoms. The first kappa shape index (κ1) is 15.3. The number of aromatic nitrogens is 1. The lowest BCUT2D eigenvalue weighted by Crippen LogP contribution is -2.48. The van der Waals surface area contributed by atoms with E-state index >= 15 is 0 Å². The third-order valence-corrected chi connectivity index (χ3v) is 5.41. The Morgan fingerprint density at radius 1 is 1.08 bits per heavy atom. The van der Waals surface area contributed by atoms with Gasteiger partial charge in [-0.3, -0.25) is 9.78 Å². The Balaban J connectivity index is 1.54. The maximum atomic E-state index is 12.9. The van der Waals surface area contributed by atoms with Crippen molar-refractivity contribution >= 4 is 5.91 Å². The highest BCUT2D eigenvalue weighted by atomic mass is 16.2. The van der Waals surface area contributed by atoms with Crippen molar-refractivity contribution in [3.8, 4) is 11.1 Å². The van der Waals surface area contributed by atoms with Crippen LogP contribution in [0.25, 0.3) is 11.1 Å². The van der Waals surface area contributed by atoms with Crippen molar-refractivity contribution in [3.63, 3.8) is 0 Å². The minimum atomic E-state index is 0.0755. The van der Waals surface area contributed by atoms with Crippen LogP contribution in [0.15, 0.2) is 48.8 Å². The number of nitrogens with one attached hydrogen (secondary N) is 1. The zero-order chi connectivity index (χ0) is 16.5. The Bertz CT molecular complexity index is 719. The molecule has 24 heavy (non-hydrogen) atoms. The summed E-state index contributed by atoms with van der Waals surface area (Å²) >= 11 is 0. The summed E-state index contributed by atoms with van der Waals surface area (Å²) in [6.07, 6.45) is 8.11. The van der Waals surface area contributed by atoms with Crippen LogP contribution >= 0.6 is 0 Å². The molecule has 3 heterocycles. The predicted octanol–water partition coefficient (Wildman–Crippen LogP) is 3.10. The van der Waals surface area contributed by atoms with E-state index in [1.165, 1.54) is 12.8 Å². The lowest BCUT2D eigenvalue weighted by Gasteiger charge is -2.35. The largest absolute Gasteiger partial charge is 0.339 e. The fraction of sp³-hybridized carbons (Fsp3) is 0.400. The molecule has 2 bridgehead atoms. The predicted molar refractivity (Wildman–Crippen MR) is 94.7 cm³/mol. The number of pyridine rings is 1. The standard InChI is InChI=1S/C20H23N3O/c1-23(19-10-17-7-8-18(11-19)22-17)20(24)16-9-15(12-21-13-16)14-5-3-2-4-6-14/h2-6,9,12-13,17-19,22H,7-8,10-11H2,1H3. The second kappa shape index (κ2) is 6.36. The van der Waals surface area contributed by atoms with E-state index in [4.69, 9.17) is 0 Å². The molecule has 2 aliphatic heterocycles. The number of rotatable bonds is 3. The molecule has 124 valence electrons. The van der Waals surface area contributed by atoms with Crippen LogP contribution in [0, 0.1) is 0 Å². The fourth-order valence-corrected chi connectivity index (χ4v) is 4.06. The van der Waals surface area contributed by atoms with E-state index < -0.39 is 0 Å². The molecule has 4 nitrogen and oxygen atoms in total. The third-order valence-electron chi connectivity index (χ3n) is 5.41. The van der Waals surface area contributed by atoms with E-state index in [9.17, 15) is 4.79 Å². The van der Waals surface area contributed by atoms with Gasteiger partial charge in [-0.25, -0.2) is 0 Å². The number of benzene rings is 1. The molecular formula is C20H23N3O. The lowest BCUT2D eigenvalue weighted by atomic mass is 9.97. The fourth-order valence-electron chi connectivity index (χ4n) is 4.06. The number of fused-ring (bicyclic) bond motifs is 2. The molecule has 1 N–H and O–H groups in total. The normalized spacial score (nSPS) is 25.5. The van der Waals surface area contributed by atoms with E-state index in [0.29, 0.717) is 23.7 Å². The van der Waals surface area contributed by atoms with Crippen molar-refractivity contribution < 1.29 is 4.79 Å². The molecule has 4 rings (SSSR count). The molecule has 1 aromatic carbocycles. The Hall–Kier alpha value is -2.20. The van der Waals surface area contributed by atoms with E-state index in [1.807, 2.05) is 54.5 Å². The van der Waals surface area contributed by atoms with Crippen LogP contribution in [0.2, 0.25) is 0 Å². The summed E-state index contributed by atoms with van der Waals surface area (Å²) in [4.78, 5) is 19.1. The molecule has 0 aliphatic carbocycles. The first-order chi connectivity index (χ1) is 11.7. The van der Waals surface area contributed by atoms with Gasteiger partial charge < -0.3 is 10.2 Å². The van der Waals surface area contributed by atoms with Gasteiger partial charge in [-0.1, -0.05) is 30.3 Å². The smallest absolute Gasteiger partial charge is 0.255 e. The van der Waals surface area contributed by atoms with E-state index in [2.05, 4.69) is 10.3 Å². The number of carbonyl (C=O) groups is 1. The summed E-state index contributed by atoms with van der Waals surface area (Å²) in [5, 5.41) is 3.63. The lowest BCUT2D eigenvalue weighted by molar-refractivity contribution is 0.0681. The molecule has 1 amide bonds. The van der Waals surface area contributed by atoms with Gasteiger partial charge >= 0.3 is 0 Å². The Kier molecular flexibility index (Phi) is 4.07. The number of amides is 1. The van der Waals surface area contributed by atoms with Crippen molar-refractivity contribution in [2.75, 3.05) is 7.05 Å². The Labute approximate surface area is 142 Å². The highest BCUT2D eigenvalue weighted by Gasteiger charge is 2.36. The number of carbonyl (C=O) groups excluding carboxylic acids is 1. The summed E-state index contributed by atoms with van der Waals surface area (Å²) in [6.45, 7) is 0. The van der Waals surface area contributed by atoms with Crippen LogP contribution in [0.1, 0.15) is 36.0 Å². The molecule has 0 saturated carbocycles. The summed E-state index contributed by atoms with van der Waals surface area (Å²) < 4.78 is 0. The van der Waals surface area contributed by atoms with Crippen molar-refractivity contribution in [2.45, 2.75) is 43.8 Å². The SMILES string of the molecule is CN(C(=O)c1cncc(-c2ccccc2)c1)C1CC2CCC(C1)N2. The van der Waals surface area contributed by atoms with Crippen molar-refractivity contribution in [1.29, 1.82) is 0 Å². The number of hydrogen-bond acceptors (Lipinski definition) is 3. The molecule has 2 aromatic rings. The van der Waals surface area contributed by atoms with Crippen molar-refractivity contribution in [3.05, 3.63) is 54.4 Å². The number of piperidine rings is 1. The van der Waals surface area contributed by atoms with Crippen LogP contribution < -0.4 is 5.32 Å². The van der Waals surface area contributed by atoms with Gasteiger partial charge in [-0.05, 0) is 37.3 Å². The molecule has 2 saturated heterocycles. The zero-order valence-electron chi connectivity index (χ0n) is 14.0. The van der Waals surface area contributed by atoms with Crippen LogP contribution in [-0.2, 0) is 0 Å². The average molecular weight is 321 g/mol. The second-order valence-electron chi connectivity index (χ2n) is 7.01. The van der Waals surface area contributed by atoms with Crippen LogP contribution in [-0.4, -0.2) is 41.0 Å². The molecule has 2 unspecified atom stereocenters. The summed E-state index contributed by atoms with van der Waals surface area (Å²) in [7, 11) is 1.94. The van der Waals surface area contributed by atoms with E-state index in [0.717, 1.165) is 24.0 Å². The van der Waals surface area contributed by atoms with Gasteiger partial charge in [0.2, 0.25) is 0 Å². The number of hydrogen-bond donors (Lipinski definition) is 1. The van der Waals surface area contributed by atoms with Crippen molar-refractivity contribution in [1.82, 2.24) is 15.2 Å². The van der Waals surface area contributed by atoms with Gasteiger partial charge in [0.25, 0.3) is 5.91 Å².